The summed E-state index contributed by atoms with van der Waals surface area (Å²) >= 11 is 0. The molecular weight excluding hydrogens is 496 g/mol. The van der Waals surface area contributed by atoms with Crippen LogP contribution in [0.2, 0.25) is 0 Å². The highest BCUT2D eigenvalue weighted by Gasteiger charge is 2.14. The van der Waals surface area contributed by atoms with E-state index in [9.17, 15) is 14.7 Å². The number of carboxylic acid groups (broad SMARTS) is 1. The molecule has 0 saturated carbocycles. The molecule has 0 fully saturated rings. The summed E-state index contributed by atoms with van der Waals surface area (Å²) in [6, 6.07) is 0. The van der Waals surface area contributed by atoms with Gasteiger partial charge in [-0.05, 0) is 77.0 Å². The highest BCUT2D eigenvalue weighted by Crippen LogP contribution is 2.18. The SMILES string of the molecule is CCCCC/C=C\C/C=C\CCCCCCCC(=O)OC(CCCCCCCCC)CCCCCCCC(=O)[O-]. The first-order chi connectivity index (χ1) is 19.6. The van der Waals surface area contributed by atoms with Crippen LogP contribution >= 0.6 is 0 Å². The van der Waals surface area contributed by atoms with Crippen LogP contribution in [0.3, 0.4) is 0 Å². The Balaban J connectivity index is 3.99. The molecule has 4 nitrogen and oxygen atoms in total. The molecule has 0 saturated heterocycles. The van der Waals surface area contributed by atoms with Gasteiger partial charge in [-0.25, -0.2) is 0 Å². The van der Waals surface area contributed by atoms with Crippen LogP contribution in [0, 0.1) is 0 Å². The Morgan fingerprint density at radius 2 is 0.975 bits per heavy atom. The Bertz CT molecular complexity index is 610. The highest BCUT2D eigenvalue weighted by molar-refractivity contribution is 5.69. The number of unbranched alkanes of at least 4 members (excludes halogenated alkanes) is 18. The first-order valence-electron chi connectivity index (χ1n) is 17.3. The fraction of sp³-hybridized carbons (Fsp3) is 0.833. The van der Waals surface area contributed by atoms with Gasteiger partial charge in [0.1, 0.15) is 6.10 Å². The number of hydrogen-bond acceptors (Lipinski definition) is 4. The van der Waals surface area contributed by atoms with Crippen LogP contribution in [0.1, 0.15) is 187 Å². The average Bonchev–Trinajstić information content (AvgIpc) is 2.93. The van der Waals surface area contributed by atoms with E-state index in [1.807, 2.05) is 0 Å². The number of carbonyl (C=O) groups excluding carboxylic acids is 2. The van der Waals surface area contributed by atoms with Crippen LogP contribution < -0.4 is 5.11 Å². The lowest BCUT2D eigenvalue weighted by Crippen LogP contribution is -2.21. The summed E-state index contributed by atoms with van der Waals surface area (Å²) in [5.41, 5.74) is 0. The van der Waals surface area contributed by atoms with Gasteiger partial charge in [0.2, 0.25) is 0 Å². The van der Waals surface area contributed by atoms with E-state index in [-0.39, 0.29) is 18.5 Å². The molecule has 0 amide bonds. The van der Waals surface area contributed by atoms with Crippen molar-refractivity contribution in [2.24, 2.45) is 0 Å². The predicted octanol–water partition coefficient (Wildman–Crippen LogP) is 10.3. The van der Waals surface area contributed by atoms with Crippen LogP contribution in [0.5, 0.6) is 0 Å². The van der Waals surface area contributed by atoms with Crippen LogP contribution in [-0.4, -0.2) is 18.0 Å². The van der Waals surface area contributed by atoms with E-state index in [1.54, 1.807) is 0 Å². The monoisotopic (exact) mass is 561 g/mol. The molecule has 0 aromatic rings. The Labute approximate surface area is 248 Å². The zero-order valence-corrected chi connectivity index (χ0v) is 26.6. The van der Waals surface area contributed by atoms with Crippen LogP contribution in [-0.2, 0) is 14.3 Å². The Kier molecular flexibility index (Phi) is 30.7. The van der Waals surface area contributed by atoms with Gasteiger partial charge in [0.25, 0.3) is 0 Å². The van der Waals surface area contributed by atoms with Crippen molar-refractivity contribution in [1.29, 1.82) is 0 Å². The molecular formula is C36H65O4-. The largest absolute Gasteiger partial charge is 0.550 e. The number of allylic oxidation sites excluding steroid dienone is 4. The van der Waals surface area contributed by atoms with E-state index in [1.165, 1.54) is 83.5 Å². The van der Waals surface area contributed by atoms with Gasteiger partial charge in [-0.1, -0.05) is 128 Å². The second-order valence-corrected chi connectivity index (χ2v) is 11.7. The summed E-state index contributed by atoms with van der Waals surface area (Å²) in [7, 11) is 0. The molecule has 0 N–H and O–H groups in total. The van der Waals surface area contributed by atoms with Gasteiger partial charge >= 0.3 is 5.97 Å². The van der Waals surface area contributed by atoms with Crippen molar-refractivity contribution in [2.75, 3.05) is 0 Å². The van der Waals surface area contributed by atoms with Crippen LogP contribution in [0.4, 0.5) is 0 Å². The normalized spacial score (nSPS) is 12.4. The van der Waals surface area contributed by atoms with Crippen LogP contribution in [0.25, 0.3) is 0 Å². The summed E-state index contributed by atoms with van der Waals surface area (Å²) in [6.45, 7) is 4.49. The molecule has 0 aromatic heterocycles. The number of aliphatic carboxylic acids is 1. The fourth-order valence-corrected chi connectivity index (χ4v) is 5.09. The molecule has 234 valence electrons. The van der Waals surface area contributed by atoms with Gasteiger partial charge in [0.15, 0.2) is 0 Å². The van der Waals surface area contributed by atoms with E-state index in [2.05, 4.69) is 38.2 Å². The third kappa shape index (κ3) is 31.0. The highest BCUT2D eigenvalue weighted by atomic mass is 16.5. The molecule has 40 heavy (non-hydrogen) atoms. The first kappa shape index (κ1) is 38.4. The Morgan fingerprint density at radius 1 is 0.550 bits per heavy atom. The lowest BCUT2D eigenvalue weighted by molar-refractivity contribution is -0.305. The van der Waals surface area contributed by atoms with Crippen molar-refractivity contribution in [1.82, 2.24) is 0 Å². The topological polar surface area (TPSA) is 66.4 Å². The number of esters is 1. The molecule has 0 aliphatic carbocycles. The standard InChI is InChI=1S/C36H66O4/c1-3-5-7-9-11-12-13-14-15-16-17-18-20-25-29-33-36(39)40-34(30-26-22-19-10-8-6-4-2)31-27-23-21-24-28-32-35(37)38/h11-12,14-15,34H,3-10,13,16-33H2,1-2H3,(H,37,38)/p-1/b12-11-,15-14-. The van der Waals surface area contributed by atoms with E-state index >= 15 is 0 Å². The minimum absolute atomic E-state index is 0.0208. The number of carbonyl (C=O) groups is 2. The number of carboxylic acids is 1. The smallest absolute Gasteiger partial charge is 0.306 e. The average molecular weight is 562 g/mol. The van der Waals surface area contributed by atoms with E-state index < -0.39 is 5.97 Å². The lowest BCUT2D eigenvalue weighted by atomic mass is 10.0. The van der Waals surface area contributed by atoms with Gasteiger partial charge in [-0.3, -0.25) is 4.79 Å². The summed E-state index contributed by atoms with van der Waals surface area (Å²) in [6.07, 6.45) is 38.6. The molecule has 0 aliphatic rings. The number of ether oxygens (including phenoxy) is 1. The molecule has 0 spiro atoms. The van der Waals surface area contributed by atoms with Crippen molar-refractivity contribution < 1.29 is 19.4 Å². The van der Waals surface area contributed by atoms with Crippen molar-refractivity contribution in [2.45, 2.75) is 193 Å². The second-order valence-electron chi connectivity index (χ2n) is 11.7. The third-order valence-electron chi connectivity index (χ3n) is 7.67. The molecule has 0 aliphatic heterocycles. The number of rotatable bonds is 31. The zero-order chi connectivity index (χ0) is 29.4. The van der Waals surface area contributed by atoms with E-state index in [4.69, 9.17) is 4.74 Å². The molecule has 1 atom stereocenters. The van der Waals surface area contributed by atoms with Gasteiger partial charge in [0.05, 0.1) is 0 Å². The molecule has 0 aromatic carbocycles. The quantitative estimate of drug-likeness (QED) is 0.0479. The predicted molar refractivity (Wildman–Crippen MR) is 169 cm³/mol. The van der Waals surface area contributed by atoms with Crippen molar-refractivity contribution >= 4 is 11.9 Å². The fourth-order valence-electron chi connectivity index (χ4n) is 5.09. The first-order valence-corrected chi connectivity index (χ1v) is 17.3. The second kappa shape index (κ2) is 31.9. The number of hydrogen-bond donors (Lipinski definition) is 0. The third-order valence-corrected chi connectivity index (χ3v) is 7.67. The van der Waals surface area contributed by atoms with Gasteiger partial charge in [0, 0.05) is 12.4 Å². The van der Waals surface area contributed by atoms with Gasteiger partial charge in [-0.2, -0.15) is 0 Å². The van der Waals surface area contributed by atoms with Gasteiger partial charge < -0.3 is 14.6 Å². The van der Waals surface area contributed by atoms with Crippen molar-refractivity contribution in [3.8, 4) is 0 Å². The lowest BCUT2D eigenvalue weighted by Gasteiger charge is -2.18. The summed E-state index contributed by atoms with van der Waals surface area (Å²) in [4.78, 5) is 23.1. The molecule has 0 heterocycles. The molecule has 0 rings (SSSR count). The zero-order valence-electron chi connectivity index (χ0n) is 26.6. The molecule has 4 heteroatoms. The molecule has 0 bridgehead atoms. The Hall–Kier alpha value is -1.58. The van der Waals surface area contributed by atoms with Crippen LogP contribution in [0.15, 0.2) is 24.3 Å². The maximum absolute atomic E-state index is 12.5. The maximum Gasteiger partial charge on any atom is 0.306 e. The van der Waals surface area contributed by atoms with Crippen molar-refractivity contribution in [3.63, 3.8) is 0 Å². The minimum Gasteiger partial charge on any atom is -0.550 e. The molecule has 0 radical (unpaired) electrons. The summed E-state index contributed by atoms with van der Waals surface area (Å²) in [5, 5.41) is 10.5. The van der Waals surface area contributed by atoms with E-state index in [0.717, 1.165) is 70.6 Å². The molecule has 1 unspecified atom stereocenters. The van der Waals surface area contributed by atoms with E-state index in [0.29, 0.717) is 12.8 Å². The summed E-state index contributed by atoms with van der Waals surface area (Å²) < 4.78 is 5.93. The van der Waals surface area contributed by atoms with Crippen molar-refractivity contribution in [3.05, 3.63) is 24.3 Å². The minimum atomic E-state index is -0.953. The maximum atomic E-state index is 12.5. The Morgan fingerprint density at radius 3 is 1.52 bits per heavy atom. The summed E-state index contributed by atoms with van der Waals surface area (Å²) in [5.74, 6) is -0.974. The van der Waals surface area contributed by atoms with Gasteiger partial charge in [-0.15, -0.1) is 0 Å².